The van der Waals surface area contributed by atoms with Crippen molar-refractivity contribution >= 4 is 28.6 Å². The Kier molecular flexibility index (Phi) is 4.50. The molecule has 26 heavy (non-hydrogen) atoms. The maximum Gasteiger partial charge on any atom is 0.321 e. The number of hydrogen-bond acceptors (Lipinski definition) is 5. The predicted octanol–water partition coefficient (Wildman–Crippen LogP) is 4.18. The first-order valence-electron chi connectivity index (χ1n) is 7.94. The van der Waals surface area contributed by atoms with Crippen molar-refractivity contribution in [2.75, 3.05) is 19.0 Å². The van der Waals surface area contributed by atoms with Gasteiger partial charge in [0.15, 0.2) is 22.4 Å². The number of aromatic nitrogens is 2. The first-order valence-corrected chi connectivity index (χ1v) is 8.93. The lowest BCUT2D eigenvalue weighted by Gasteiger charge is -2.18. The molecule has 2 aromatic carbocycles. The monoisotopic (exact) mass is 376 g/mol. The third-order valence-corrected chi connectivity index (χ3v) is 4.91. The quantitative estimate of drug-likeness (QED) is 0.494. The van der Waals surface area contributed by atoms with Crippen LogP contribution in [0.4, 0.5) is 8.78 Å². The van der Waals surface area contributed by atoms with Crippen LogP contribution in [-0.2, 0) is 0 Å². The lowest BCUT2D eigenvalue weighted by molar-refractivity contribution is 0.0656. The van der Waals surface area contributed by atoms with Gasteiger partial charge >= 0.3 is 6.55 Å². The number of ketones is 1. The van der Waals surface area contributed by atoms with Gasteiger partial charge in [-0.1, -0.05) is 23.9 Å². The van der Waals surface area contributed by atoms with Gasteiger partial charge in [0, 0.05) is 5.56 Å². The molecule has 0 spiro atoms. The number of Topliss-reactive ketones (excluding diaryl/α,β-unsaturated/α-hetero) is 1. The fourth-order valence-corrected chi connectivity index (χ4v) is 3.65. The number of benzene rings is 2. The van der Waals surface area contributed by atoms with Gasteiger partial charge in [0.2, 0.25) is 0 Å². The van der Waals surface area contributed by atoms with Crippen LogP contribution in [0.2, 0.25) is 0 Å². The largest absolute Gasteiger partial charge is 0.486 e. The zero-order valence-corrected chi connectivity index (χ0v) is 14.3. The lowest BCUT2D eigenvalue weighted by Crippen LogP contribution is -2.16. The van der Waals surface area contributed by atoms with Crippen LogP contribution in [0.1, 0.15) is 16.9 Å². The molecule has 0 radical (unpaired) electrons. The number of thioether (sulfide) groups is 1. The molecule has 0 fully saturated rings. The average Bonchev–Trinajstić information content (AvgIpc) is 3.04. The van der Waals surface area contributed by atoms with E-state index in [0.717, 1.165) is 16.3 Å². The number of carbonyl (C=O) groups is 1. The van der Waals surface area contributed by atoms with Crippen LogP contribution in [-0.4, -0.2) is 34.3 Å². The Labute approximate surface area is 151 Å². The minimum atomic E-state index is -2.73. The molecule has 3 aromatic rings. The molecule has 1 aliphatic heterocycles. The van der Waals surface area contributed by atoms with Gasteiger partial charge in [-0.2, -0.15) is 8.78 Å². The summed E-state index contributed by atoms with van der Waals surface area (Å²) in [6, 6.07) is 11.6. The maximum absolute atomic E-state index is 13.4. The zero-order valence-electron chi connectivity index (χ0n) is 13.5. The Morgan fingerprint density at radius 3 is 2.73 bits per heavy atom. The molecule has 1 aromatic heterocycles. The summed E-state index contributed by atoms with van der Waals surface area (Å²) < 4.78 is 38.6. The van der Waals surface area contributed by atoms with Gasteiger partial charge in [-0.15, -0.1) is 0 Å². The number of para-hydroxylation sites is 2. The molecule has 0 unspecified atom stereocenters. The predicted molar refractivity (Wildman–Crippen MR) is 93.5 cm³/mol. The SMILES string of the molecule is O=C(CSc1nc2ccccc2n1C(F)F)c1ccc2c(c1)OCCO2. The number of halogens is 2. The minimum absolute atomic E-state index is 0.00428. The highest BCUT2D eigenvalue weighted by Crippen LogP contribution is 2.32. The summed E-state index contributed by atoms with van der Waals surface area (Å²) in [5.74, 6) is 0.919. The summed E-state index contributed by atoms with van der Waals surface area (Å²) in [5, 5.41) is 0.118. The number of nitrogens with zero attached hydrogens (tertiary/aromatic N) is 2. The molecule has 0 saturated carbocycles. The van der Waals surface area contributed by atoms with Crippen molar-refractivity contribution in [1.29, 1.82) is 0 Å². The van der Waals surface area contributed by atoms with Crippen molar-refractivity contribution < 1.29 is 23.0 Å². The summed E-state index contributed by atoms with van der Waals surface area (Å²) in [4.78, 5) is 16.7. The smallest absolute Gasteiger partial charge is 0.321 e. The molecule has 1 aliphatic rings. The fourth-order valence-electron chi connectivity index (χ4n) is 2.74. The van der Waals surface area contributed by atoms with E-state index in [9.17, 15) is 13.6 Å². The third-order valence-electron chi connectivity index (χ3n) is 3.96. The van der Waals surface area contributed by atoms with Gasteiger partial charge in [0.05, 0.1) is 16.8 Å². The highest BCUT2D eigenvalue weighted by Gasteiger charge is 2.20. The normalized spacial score (nSPS) is 13.3. The van der Waals surface area contributed by atoms with E-state index in [2.05, 4.69) is 4.98 Å². The van der Waals surface area contributed by atoms with Crippen molar-refractivity contribution in [1.82, 2.24) is 9.55 Å². The first-order chi connectivity index (χ1) is 12.6. The summed E-state index contributed by atoms with van der Waals surface area (Å²) >= 11 is 0.992. The average molecular weight is 376 g/mol. The molecule has 0 N–H and O–H groups in total. The lowest BCUT2D eigenvalue weighted by atomic mass is 10.1. The van der Waals surface area contributed by atoms with E-state index in [-0.39, 0.29) is 16.7 Å². The van der Waals surface area contributed by atoms with E-state index >= 15 is 0 Å². The number of imidazole rings is 1. The molecule has 0 atom stereocenters. The Balaban J connectivity index is 1.55. The molecule has 0 bridgehead atoms. The zero-order chi connectivity index (χ0) is 18.1. The molecule has 2 heterocycles. The molecule has 134 valence electrons. The first kappa shape index (κ1) is 16.8. The molecule has 0 aliphatic carbocycles. The Hall–Kier alpha value is -2.61. The standard InChI is InChI=1S/C18H14F2N2O3S/c19-17(20)22-13-4-2-1-3-12(13)21-18(22)26-10-14(23)11-5-6-15-16(9-11)25-8-7-24-15/h1-6,9,17H,7-8,10H2. The van der Waals surface area contributed by atoms with Gasteiger partial charge in [-0.3, -0.25) is 9.36 Å². The number of hydrogen-bond donors (Lipinski definition) is 0. The fraction of sp³-hybridized carbons (Fsp3) is 0.222. The Bertz CT molecular complexity index is 974. The van der Waals surface area contributed by atoms with Gasteiger partial charge in [0.1, 0.15) is 13.2 Å². The summed E-state index contributed by atoms with van der Waals surface area (Å²) in [7, 11) is 0. The Morgan fingerprint density at radius 2 is 1.92 bits per heavy atom. The van der Waals surface area contributed by atoms with Crippen molar-refractivity contribution in [3.05, 3.63) is 48.0 Å². The van der Waals surface area contributed by atoms with Crippen LogP contribution >= 0.6 is 11.8 Å². The van der Waals surface area contributed by atoms with Gasteiger partial charge < -0.3 is 9.47 Å². The molecule has 0 amide bonds. The topological polar surface area (TPSA) is 53.4 Å². The van der Waals surface area contributed by atoms with Crippen LogP contribution < -0.4 is 9.47 Å². The van der Waals surface area contributed by atoms with Crippen LogP contribution in [0.3, 0.4) is 0 Å². The van der Waals surface area contributed by atoms with Gasteiger partial charge in [0.25, 0.3) is 0 Å². The number of carbonyl (C=O) groups excluding carboxylic acids is 1. The molecule has 4 rings (SSSR count). The molecule has 5 nitrogen and oxygen atoms in total. The van der Waals surface area contributed by atoms with Gasteiger partial charge in [-0.25, -0.2) is 4.98 Å². The van der Waals surface area contributed by atoms with Crippen LogP contribution in [0.5, 0.6) is 11.5 Å². The third kappa shape index (κ3) is 3.12. The second-order valence-electron chi connectivity index (χ2n) is 5.60. The van der Waals surface area contributed by atoms with E-state index in [1.807, 2.05) is 0 Å². The Morgan fingerprint density at radius 1 is 1.15 bits per heavy atom. The molecular weight excluding hydrogens is 362 g/mol. The number of fused-ring (bicyclic) bond motifs is 2. The van der Waals surface area contributed by atoms with E-state index in [1.165, 1.54) is 0 Å². The van der Waals surface area contributed by atoms with E-state index < -0.39 is 6.55 Å². The summed E-state index contributed by atoms with van der Waals surface area (Å²) in [6.07, 6.45) is 0. The van der Waals surface area contributed by atoms with Crippen molar-refractivity contribution in [3.8, 4) is 11.5 Å². The number of ether oxygens (including phenoxy) is 2. The summed E-state index contributed by atoms with van der Waals surface area (Å²) in [6.45, 7) is -1.83. The van der Waals surface area contributed by atoms with Gasteiger partial charge in [-0.05, 0) is 30.3 Å². The van der Waals surface area contributed by atoms with Crippen LogP contribution in [0.25, 0.3) is 11.0 Å². The van der Waals surface area contributed by atoms with E-state index in [0.29, 0.717) is 41.3 Å². The van der Waals surface area contributed by atoms with E-state index in [1.54, 1.807) is 42.5 Å². The molecule has 0 saturated heterocycles. The maximum atomic E-state index is 13.4. The van der Waals surface area contributed by atoms with Crippen molar-refractivity contribution in [2.45, 2.75) is 11.7 Å². The summed E-state index contributed by atoms with van der Waals surface area (Å²) in [5.41, 5.74) is 1.26. The molecular formula is C18H14F2N2O3S. The highest BCUT2D eigenvalue weighted by molar-refractivity contribution is 7.99. The van der Waals surface area contributed by atoms with Crippen molar-refractivity contribution in [2.24, 2.45) is 0 Å². The van der Waals surface area contributed by atoms with Crippen LogP contribution in [0, 0.1) is 0 Å². The highest BCUT2D eigenvalue weighted by atomic mass is 32.2. The number of alkyl halides is 2. The number of rotatable bonds is 5. The second-order valence-corrected chi connectivity index (χ2v) is 6.54. The van der Waals surface area contributed by atoms with Crippen molar-refractivity contribution in [3.63, 3.8) is 0 Å². The van der Waals surface area contributed by atoms with E-state index in [4.69, 9.17) is 9.47 Å². The van der Waals surface area contributed by atoms with Crippen LogP contribution in [0.15, 0.2) is 47.6 Å². The minimum Gasteiger partial charge on any atom is -0.486 e. The second kappa shape index (κ2) is 6.95. The molecule has 8 heteroatoms.